The van der Waals surface area contributed by atoms with Gasteiger partial charge in [0.2, 0.25) is 0 Å². The number of nitriles is 1. The lowest BCUT2D eigenvalue weighted by atomic mass is 10.1. The molecule has 0 aliphatic heterocycles. The minimum atomic E-state index is -4.58. The minimum absolute atomic E-state index is 0.00951. The van der Waals surface area contributed by atoms with Crippen molar-refractivity contribution in [1.82, 2.24) is 0 Å². The van der Waals surface area contributed by atoms with E-state index in [0.29, 0.717) is 11.1 Å². The monoisotopic (exact) mass is 518 g/mol. The van der Waals surface area contributed by atoms with Crippen LogP contribution in [0.1, 0.15) is 23.6 Å². The predicted octanol–water partition coefficient (Wildman–Crippen LogP) is 7.02. The topological polar surface area (TPSA) is 71.3 Å². The Morgan fingerprint density at radius 2 is 1.86 bits per heavy atom. The number of ether oxygens (including phenoxy) is 2. The molecule has 186 valence electrons. The zero-order chi connectivity index (χ0) is 26.3. The van der Waals surface area contributed by atoms with E-state index in [1.807, 2.05) is 0 Å². The zero-order valence-electron chi connectivity index (χ0n) is 18.8. The highest BCUT2D eigenvalue weighted by Gasteiger charge is 2.30. The van der Waals surface area contributed by atoms with Gasteiger partial charge < -0.3 is 14.8 Å². The molecule has 0 fully saturated rings. The van der Waals surface area contributed by atoms with Crippen molar-refractivity contribution in [2.75, 3.05) is 11.9 Å². The van der Waals surface area contributed by atoms with Gasteiger partial charge in [-0.2, -0.15) is 18.4 Å². The van der Waals surface area contributed by atoms with E-state index in [9.17, 15) is 27.6 Å². The smallest absolute Gasteiger partial charge is 0.416 e. The Balaban J connectivity index is 1.84. The molecule has 3 aromatic carbocycles. The molecule has 1 N–H and O–H groups in total. The predicted molar refractivity (Wildman–Crippen MR) is 127 cm³/mol. The summed E-state index contributed by atoms with van der Waals surface area (Å²) in [7, 11) is 0. The molecule has 5 nitrogen and oxygen atoms in total. The second-order valence-electron chi connectivity index (χ2n) is 7.38. The van der Waals surface area contributed by atoms with Crippen LogP contribution in [-0.4, -0.2) is 12.5 Å². The van der Waals surface area contributed by atoms with Crippen LogP contribution < -0.4 is 14.8 Å². The fraction of sp³-hybridized carbons (Fsp3) is 0.154. The Hall–Kier alpha value is -4.03. The molecule has 0 heterocycles. The van der Waals surface area contributed by atoms with Gasteiger partial charge in [-0.25, -0.2) is 4.39 Å². The van der Waals surface area contributed by atoms with Crippen LogP contribution in [0.3, 0.4) is 0 Å². The van der Waals surface area contributed by atoms with Crippen molar-refractivity contribution in [3.63, 3.8) is 0 Å². The summed E-state index contributed by atoms with van der Waals surface area (Å²) in [6, 6.07) is 14.5. The lowest BCUT2D eigenvalue weighted by Gasteiger charge is -2.15. The van der Waals surface area contributed by atoms with Gasteiger partial charge >= 0.3 is 6.18 Å². The van der Waals surface area contributed by atoms with E-state index < -0.39 is 23.5 Å². The van der Waals surface area contributed by atoms with Gasteiger partial charge in [-0.15, -0.1) is 0 Å². The van der Waals surface area contributed by atoms with Crippen LogP contribution in [0, 0.1) is 17.1 Å². The van der Waals surface area contributed by atoms with Crippen LogP contribution in [0.4, 0.5) is 23.2 Å². The van der Waals surface area contributed by atoms with E-state index in [1.54, 1.807) is 25.1 Å². The summed E-state index contributed by atoms with van der Waals surface area (Å²) in [5.74, 6) is -0.910. The van der Waals surface area contributed by atoms with Crippen LogP contribution >= 0.6 is 11.6 Å². The van der Waals surface area contributed by atoms with Crippen molar-refractivity contribution in [2.45, 2.75) is 19.7 Å². The summed E-state index contributed by atoms with van der Waals surface area (Å²) < 4.78 is 63.5. The number of carbonyl (C=O) groups is 1. The number of anilines is 1. The Morgan fingerprint density at radius 1 is 1.11 bits per heavy atom. The molecule has 10 heteroatoms. The maximum Gasteiger partial charge on any atom is 0.416 e. The van der Waals surface area contributed by atoms with Gasteiger partial charge in [0, 0.05) is 5.69 Å². The standard InChI is InChI=1S/C26H19ClF4N2O3/c1-2-35-23-12-17(11-22(27)24(23)36-15-16-5-3-7-20(28)10-16)9-18(14-32)25(34)33-21-8-4-6-19(13-21)26(29,30)31/h3-13H,2,15H2,1H3,(H,33,34)/b18-9+. The average Bonchev–Trinajstić information content (AvgIpc) is 2.82. The van der Waals surface area contributed by atoms with E-state index in [4.69, 9.17) is 21.1 Å². The molecular formula is C26H19ClF4N2O3. The number of amides is 1. The number of hydrogen-bond acceptors (Lipinski definition) is 4. The van der Waals surface area contributed by atoms with E-state index in [2.05, 4.69) is 5.32 Å². The number of rotatable bonds is 8. The first kappa shape index (κ1) is 26.6. The number of alkyl halides is 3. The van der Waals surface area contributed by atoms with Gasteiger partial charge in [-0.1, -0.05) is 29.8 Å². The Bertz CT molecular complexity index is 1330. The Labute approximate surface area is 209 Å². The maximum absolute atomic E-state index is 13.4. The molecule has 3 rings (SSSR count). The van der Waals surface area contributed by atoms with Crippen molar-refractivity contribution in [2.24, 2.45) is 0 Å². The van der Waals surface area contributed by atoms with Gasteiger partial charge in [-0.05, 0) is 66.6 Å². The summed E-state index contributed by atoms with van der Waals surface area (Å²) in [4.78, 5) is 12.6. The molecule has 3 aromatic rings. The fourth-order valence-electron chi connectivity index (χ4n) is 3.14. The summed E-state index contributed by atoms with van der Waals surface area (Å²) in [6.07, 6.45) is -3.37. The summed E-state index contributed by atoms with van der Waals surface area (Å²) in [5.41, 5.74) is -0.554. The molecule has 0 atom stereocenters. The third kappa shape index (κ3) is 6.99. The Kier molecular flexibility index (Phi) is 8.56. The average molecular weight is 519 g/mol. The molecule has 0 unspecified atom stereocenters. The lowest BCUT2D eigenvalue weighted by Crippen LogP contribution is -2.14. The summed E-state index contributed by atoms with van der Waals surface area (Å²) >= 11 is 6.37. The van der Waals surface area contributed by atoms with Crippen LogP contribution in [0.15, 0.2) is 66.2 Å². The second kappa shape index (κ2) is 11.6. The van der Waals surface area contributed by atoms with Crippen molar-refractivity contribution in [1.29, 1.82) is 5.26 Å². The highest BCUT2D eigenvalue weighted by molar-refractivity contribution is 6.32. The van der Waals surface area contributed by atoms with Gasteiger partial charge in [0.25, 0.3) is 5.91 Å². The third-order valence-corrected chi connectivity index (χ3v) is 5.01. The van der Waals surface area contributed by atoms with Crippen molar-refractivity contribution < 1.29 is 31.8 Å². The number of nitrogens with one attached hydrogen (secondary N) is 1. The lowest BCUT2D eigenvalue weighted by molar-refractivity contribution is -0.137. The van der Waals surface area contributed by atoms with E-state index in [1.165, 1.54) is 36.4 Å². The zero-order valence-corrected chi connectivity index (χ0v) is 19.6. The number of benzene rings is 3. The number of nitrogens with zero attached hydrogens (tertiary/aromatic N) is 1. The molecule has 0 aliphatic rings. The summed E-state index contributed by atoms with van der Waals surface area (Å²) in [5, 5.41) is 11.9. The quantitative estimate of drug-likeness (QED) is 0.197. The van der Waals surface area contributed by atoms with Gasteiger partial charge in [-0.3, -0.25) is 4.79 Å². The largest absolute Gasteiger partial charge is 0.490 e. The fourth-order valence-corrected chi connectivity index (χ4v) is 3.42. The Morgan fingerprint density at radius 3 is 2.53 bits per heavy atom. The SMILES string of the molecule is CCOc1cc(/C=C(\C#N)C(=O)Nc2cccc(C(F)(F)F)c2)cc(Cl)c1OCc1cccc(F)c1. The maximum atomic E-state index is 13.4. The molecule has 0 aliphatic carbocycles. The minimum Gasteiger partial charge on any atom is -0.490 e. The van der Waals surface area contributed by atoms with Crippen molar-refractivity contribution in [3.05, 3.63) is 93.8 Å². The van der Waals surface area contributed by atoms with Crippen LogP contribution in [0.5, 0.6) is 11.5 Å². The van der Waals surface area contributed by atoms with Crippen LogP contribution in [0.2, 0.25) is 5.02 Å². The first-order valence-corrected chi connectivity index (χ1v) is 10.9. The highest BCUT2D eigenvalue weighted by Crippen LogP contribution is 2.38. The van der Waals surface area contributed by atoms with Gasteiger partial charge in [0.15, 0.2) is 11.5 Å². The molecule has 0 radical (unpaired) electrons. The van der Waals surface area contributed by atoms with E-state index >= 15 is 0 Å². The summed E-state index contributed by atoms with van der Waals surface area (Å²) in [6.45, 7) is 1.99. The first-order chi connectivity index (χ1) is 17.1. The number of halogens is 5. The first-order valence-electron chi connectivity index (χ1n) is 10.5. The van der Waals surface area contributed by atoms with Crippen LogP contribution in [-0.2, 0) is 17.6 Å². The van der Waals surface area contributed by atoms with Gasteiger partial charge in [0.05, 0.1) is 17.2 Å². The molecule has 36 heavy (non-hydrogen) atoms. The van der Waals surface area contributed by atoms with E-state index in [-0.39, 0.29) is 41.0 Å². The third-order valence-electron chi connectivity index (χ3n) is 4.73. The highest BCUT2D eigenvalue weighted by atomic mass is 35.5. The van der Waals surface area contributed by atoms with Crippen molar-refractivity contribution >= 4 is 29.3 Å². The molecule has 1 amide bonds. The molecule has 0 spiro atoms. The van der Waals surface area contributed by atoms with E-state index in [0.717, 1.165) is 18.2 Å². The number of carbonyl (C=O) groups excluding carboxylic acids is 1. The van der Waals surface area contributed by atoms with Crippen LogP contribution in [0.25, 0.3) is 6.08 Å². The molecule has 0 aromatic heterocycles. The molecule has 0 bridgehead atoms. The molecular weight excluding hydrogens is 500 g/mol. The molecule has 0 saturated heterocycles. The van der Waals surface area contributed by atoms with Crippen molar-refractivity contribution in [3.8, 4) is 17.6 Å². The number of hydrogen-bond donors (Lipinski definition) is 1. The second-order valence-corrected chi connectivity index (χ2v) is 7.79. The normalized spacial score (nSPS) is 11.5. The molecule has 0 saturated carbocycles. The van der Waals surface area contributed by atoms with Gasteiger partial charge in [0.1, 0.15) is 24.1 Å².